The first kappa shape index (κ1) is 9.17. The van der Waals surface area contributed by atoms with Crippen molar-refractivity contribution < 1.29 is 4.42 Å². The fraction of sp³-hybridized carbons (Fsp3) is 0.200. The molecule has 0 spiro atoms. The molecular formula is C10H8N4O. The number of furan rings is 1. The molecule has 0 aliphatic carbocycles. The Labute approximate surface area is 86.6 Å². The molecule has 0 bridgehead atoms. The third-order valence-corrected chi connectivity index (χ3v) is 2.16. The van der Waals surface area contributed by atoms with Crippen LogP contribution in [0.5, 0.6) is 0 Å². The molecule has 2 heterocycles. The monoisotopic (exact) mass is 200 g/mol. The van der Waals surface area contributed by atoms with Crippen LogP contribution < -0.4 is 10.6 Å². The van der Waals surface area contributed by atoms with E-state index in [4.69, 9.17) is 14.9 Å². The number of nitriles is 2. The third-order valence-electron chi connectivity index (χ3n) is 2.16. The highest BCUT2D eigenvalue weighted by Gasteiger charge is 2.22. The zero-order valence-electron chi connectivity index (χ0n) is 7.82. The third kappa shape index (κ3) is 1.63. The molecule has 5 nitrogen and oxygen atoms in total. The predicted octanol–water partition coefficient (Wildman–Crippen LogP) is 0.772. The van der Waals surface area contributed by atoms with Crippen LogP contribution in [-0.4, -0.2) is 6.54 Å². The van der Waals surface area contributed by atoms with Crippen molar-refractivity contribution >= 4 is 0 Å². The Morgan fingerprint density at radius 3 is 2.73 bits per heavy atom. The summed E-state index contributed by atoms with van der Waals surface area (Å²) in [6, 6.07) is 7.37. The van der Waals surface area contributed by atoms with E-state index in [1.54, 1.807) is 12.3 Å². The molecule has 1 unspecified atom stereocenters. The molecule has 1 aromatic rings. The Balaban J connectivity index is 2.23. The second kappa shape index (κ2) is 3.77. The predicted molar refractivity (Wildman–Crippen MR) is 50.8 cm³/mol. The Kier molecular flexibility index (Phi) is 2.30. The zero-order chi connectivity index (χ0) is 10.7. The largest absolute Gasteiger partial charge is 0.467 e. The summed E-state index contributed by atoms with van der Waals surface area (Å²) in [5.74, 6) is 0.743. The lowest BCUT2D eigenvalue weighted by Crippen LogP contribution is -2.37. The van der Waals surface area contributed by atoms with E-state index in [0.29, 0.717) is 6.54 Å². The molecule has 1 aliphatic rings. The van der Waals surface area contributed by atoms with Crippen LogP contribution in [0.3, 0.4) is 0 Å². The van der Waals surface area contributed by atoms with Crippen molar-refractivity contribution in [3.8, 4) is 12.1 Å². The van der Waals surface area contributed by atoms with Crippen molar-refractivity contribution in [2.24, 2.45) is 0 Å². The lowest BCUT2D eigenvalue weighted by Gasteiger charge is -2.23. The smallest absolute Gasteiger partial charge is 0.148 e. The van der Waals surface area contributed by atoms with Gasteiger partial charge in [0.05, 0.1) is 6.26 Å². The first-order valence-corrected chi connectivity index (χ1v) is 4.43. The van der Waals surface area contributed by atoms with Crippen molar-refractivity contribution in [2.75, 3.05) is 6.54 Å². The normalized spacial score (nSPS) is 19.7. The Morgan fingerprint density at radius 2 is 2.13 bits per heavy atom. The van der Waals surface area contributed by atoms with Crippen molar-refractivity contribution in [3.63, 3.8) is 0 Å². The average Bonchev–Trinajstić information content (AvgIpc) is 2.81. The minimum Gasteiger partial charge on any atom is -0.467 e. The fourth-order valence-electron chi connectivity index (χ4n) is 1.43. The second-order valence-electron chi connectivity index (χ2n) is 3.07. The molecule has 0 amide bonds. The number of nitrogens with zero attached hydrogens (tertiary/aromatic N) is 2. The molecule has 15 heavy (non-hydrogen) atoms. The summed E-state index contributed by atoms with van der Waals surface area (Å²) < 4.78 is 5.22. The van der Waals surface area contributed by atoms with Crippen LogP contribution in [0, 0.1) is 22.7 Å². The molecule has 0 saturated carbocycles. The Bertz CT molecular complexity index is 461. The molecule has 0 radical (unpaired) electrons. The second-order valence-corrected chi connectivity index (χ2v) is 3.07. The summed E-state index contributed by atoms with van der Waals surface area (Å²) in [6.45, 7) is 0.529. The Hall–Kier alpha value is -2.40. The van der Waals surface area contributed by atoms with Crippen LogP contribution in [0.1, 0.15) is 11.8 Å². The number of allylic oxidation sites excluding steroid dienone is 2. The maximum absolute atomic E-state index is 8.82. The molecule has 0 saturated heterocycles. The summed E-state index contributed by atoms with van der Waals surface area (Å²) >= 11 is 0. The number of hydrogen-bond acceptors (Lipinski definition) is 5. The van der Waals surface area contributed by atoms with Crippen molar-refractivity contribution in [3.05, 3.63) is 35.6 Å². The van der Waals surface area contributed by atoms with E-state index in [1.807, 2.05) is 18.2 Å². The highest BCUT2D eigenvalue weighted by atomic mass is 16.3. The highest BCUT2D eigenvalue weighted by molar-refractivity contribution is 5.37. The van der Waals surface area contributed by atoms with Gasteiger partial charge in [0.1, 0.15) is 35.3 Å². The van der Waals surface area contributed by atoms with Gasteiger partial charge < -0.3 is 15.1 Å². The van der Waals surface area contributed by atoms with Gasteiger partial charge in [0.2, 0.25) is 0 Å². The van der Waals surface area contributed by atoms with E-state index in [-0.39, 0.29) is 17.4 Å². The number of hydrogen-bond donors (Lipinski definition) is 2. The van der Waals surface area contributed by atoms with E-state index in [1.165, 1.54) is 0 Å². The highest BCUT2D eigenvalue weighted by Crippen LogP contribution is 2.18. The minimum atomic E-state index is -0.105. The van der Waals surface area contributed by atoms with E-state index in [9.17, 15) is 0 Å². The molecule has 2 rings (SSSR count). The van der Waals surface area contributed by atoms with E-state index >= 15 is 0 Å². The minimum absolute atomic E-state index is 0.105. The summed E-state index contributed by atoms with van der Waals surface area (Å²) in [5, 5.41) is 23.4. The number of rotatable bonds is 1. The molecule has 1 atom stereocenters. The summed E-state index contributed by atoms with van der Waals surface area (Å²) in [6.07, 6.45) is 1.58. The van der Waals surface area contributed by atoms with Crippen molar-refractivity contribution in [1.29, 1.82) is 10.5 Å². The molecule has 1 aromatic heterocycles. The van der Waals surface area contributed by atoms with E-state index in [2.05, 4.69) is 10.6 Å². The molecule has 74 valence electrons. The molecular weight excluding hydrogens is 192 g/mol. The SMILES string of the molecule is N#CC1=C(C#N)NC(c2ccco2)CN1. The van der Waals surface area contributed by atoms with Crippen molar-refractivity contribution in [2.45, 2.75) is 6.04 Å². The maximum Gasteiger partial charge on any atom is 0.148 e. The first-order valence-electron chi connectivity index (χ1n) is 4.43. The van der Waals surface area contributed by atoms with Crippen LogP contribution in [0.2, 0.25) is 0 Å². The molecule has 0 fully saturated rings. The molecule has 0 aromatic carbocycles. The van der Waals surface area contributed by atoms with E-state index in [0.717, 1.165) is 5.76 Å². The van der Waals surface area contributed by atoms with Gasteiger partial charge in [-0.2, -0.15) is 10.5 Å². The van der Waals surface area contributed by atoms with Crippen molar-refractivity contribution in [1.82, 2.24) is 10.6 Å². The topological polar surface area (TPSA) is 84.8 Å². The zero-order valence-corrected chi connectivity index (χ0v) is 7.82. The van der Waals surface area contributed by atoms with Gasteiger partial charge in [-0.25, -0.2) is 0 Å². The summed E-state index contributed by atoms with van der Waals surface area (Å²) in [5.41, 5.74) is 0.533. The van der Waals surface area contributed by atoms with Gasteiger partial charge in [-0.3, -0.25) is 0 Å². The van der Waals surface area contributed by atoms with Crippen LogP contribution in [0.15, 0.2) is 34.2 Å². The van der Waals surface area contributed by atoms with Crippen LogP contribution >= 0.6 is 0 Å². The summed E-state index contributed by atoms with van der Waals surface area (Å²) in [4.78, 5) is 0. The van der Waals surface area contributed by atoms with Gasteiger partial charge in [-0.05, 0) is 12.1 Å². The lowest BCUT2D eigenvalue weighted by molar-refractivity contribution is 0.415. The molecule has 1 aliphatic heterocycles. The quantitative estimate of drug-likeness (QED) is 0.699. The molecule has 2 N–H and O–H groups in total. The summed E-state index contributed by atoms with van der Waals surface area (Å²) in [7, 11) is 0. The van der Waals surface area contributed by atoms with E-state index < -0.39 is 0 Å². The maximum atomic E-state index is 8.82. The van der Waals surface area contributed by atoms with Gasteiger partial charge >= 0.3 is 0 Å². The lowest BCUT2D eigenvalue weighted by atomic mass is 10.1. The Morgan fingerprint density at radius 1 is 1.33 bits per heavy atom. The van der Waals surface area contributed by atoms with Gasteiger partial charge in [-0.1, -0.05) is 0 Å². The molecule has 5 heteroatoms. The van der Waals surface area contributed by atoms with Gasteiger partial charge in [-0.15, -0.1) is 0 Å². The standard InChI is InChI=1S/C10H8N4O/c11-4-7-8(5-12)14-9(6-13-7)10-2-1-3-15-10/h1-3,9,13-14H,6H2. The van der Waals surface area contributed by atoms with Crippen LogP contribution in [-0.2, 0) is 0 Å². The van der Waals surface area contributed by atoms with Gasteiger partial charge in [0.15, 0.2) is 0 Å². The van der Waals surface area contributed by atoms with Crippen LogP contribution in [0.4, 0.5) is 0 Å². The fourth-order valence-corrected chi connectivity index (χ4v) is 1.43. The average molecular weight is 200 g/mol. The number of nitrogens with one attached hydrogen (secondary N) is 2. The first-order chi connectivity index (χ1) is 7.35. The van der Waals surface area contributed by atoms with Crippen LogP contribution in [0.25, 0.3) is 0 Å². The van der Waals surface area contributed by atoms with Gasteiger partial charge in [0, 0.05) is 6.54 Å². The van der Waals surface area contributed by atoms with Gasteiger partial charge in [0.25, 0.3) is 0 Å².